The summed E-state index contributed by atoms with van der Waals surface area (Å²) in [4.78, 5) is 23.3. The lowest BCUT2D eigenvalue weighted by Crippen LogP contribution is -2.21. The van der Waals surface area contributed by atoms with Gasteiger partial charge >= 0.3 is 0 Å². The molecule has 1 aliphatic heterocycles. The lowest BCUT2D eigenvalue weighted by atomic mass is 10.2. The van der Waals surface area contributed by atoms with Crippen LogP contribution in [0.1, 0.15) is 21.7 Å². The summed E-state index contributed by atoms with van der Waals surface area (Å²) in [6, 6.07) is 12.5. The summed E-state index contributed by atoms with van der Waals surface area (Å²) in [5.41, 5.74) is 2.84. The Morgan fingerprint density at radius 2 is 1.93 bits per heavy atom. The first-order valence-corrected chi connectivity index (χ1v) is 8.49. The molecule has 0 saturated carbocycles. The number of nitrogens with one attached hydrogen (secondary N) is 1. The van der Waals surface area contributed by atoms with Crippen LogP contribution in [0.25, 0.3) is 0 Å². The molecule has 0 bridgehead atoms. The highest BCUT2D eigenvalue weighted by molar-refractivity contribution is 6.03. The van der Waals surface area contributed by atoms with Gasteiger partial charge in [0.15, 0.2) is 0 Å². The van der Waals surface area contributed by atoms with E-state index in [9.17, 15) is 13.6 Å². The summed E-state index contributed by atoms with van der Waals surface area (Å²) in [5.74, 6) is -1.72. The number of aryl methyl sites for hydroxylation is 1. The van der Waals surface area contributed by atoms with Crippen LogP contribution in [0.5, 0.6) is 0 Å². The van der Waals surface area contributed by atoms with Crippen LogP contribution in [0.15, 0.2) is 48.5 Å². The first-order valence-electron chi connectivity index (χ1n) is 8.49. The third-order valence-corrected chi connectivity index (χ3v) is 4.38. The second-order valence-electron chi connectivity index (χ2n) is 6.30. The quantitative estimate of drug-likeness (QED) is 0.761. The molecule has 4 rings (SSSR count). The number of rotatable bonds is 3. The SMILES string of the molecule is Cc1cc(C(=O)Nc2ccc(F)cc2F)nc(N2CCc3ccccc32)n1. The van der Waals surface area contributed by atoms with E-state index in [1.165, 1.54) is 17.7 Å². The molecular formula is C20H16F2N4O. The van der Waals surface area contributed by atoms with Gasteiger partial charge in [-0.25, -0.2) is 18.7 Å². The second-order valence-corrected chi connectivity index (χ2v) is 6.30. The summed E-state index contributed by atoms with van der Waals surface area (Å²) < 4.78 is 26.8. The lowest BCUT2D eigenvalue weighted by Gasteiger charge is -2.18. The van der Waals surface area contributed by atoms with E-state index in [1.807, 2.05) is 23.1 Å². The third kappa shape index (κ3) is 3.36. The number of benzene rings is 2. The zero-order valence-electron chi connectivity index (χ0n) is 14.5. The molecule has 1 aromatic heterocycles. The molecular weight excluding hydrogens is 350 g/mol. The number of carbonyl (C=O) groups excluding carboxylic acids is 1. The van der Waals surface area contributed by atoms with Crippen molar-refractivity contribution in [1.82, 2.24) is 9.97 Å². The molecule has 0 spiro atoms. The minimum absolute atomic E-state index is 0.106. The molecule has 0 aliphatic carbocycles. The van der Waals surface area contributed by atoms with E-state index in [4.69, 9.17) is 0 Å². The highest BCUT2D eigenvalue weighted by Crippen LogP contribution is 2.32. The van der Waals surface area contributed by atoms with Gasteiger partial charge in [-0.3, -0.25) is 4.79 Å². The Morgan fingerprint density at radius 3 is 2.74 bits per heavy atom. The maximum atomic E-state index is 13.8. The summed E-state index contributed by atoms with van der Waals surface area (Å²) in [6.07, 6.45) is 0.871. The van der Waals surface area contributed by atoms with Crippen molar-refractivity contribution < 1.29 is 13.6 Å². The zero-order valence-corrected chi connectivity index (χ0v) is 14.5. The largest absolute Gasteiger partial charge is 0.318 e. The van der Waals surface area contributed by atoms with Gasteiger partial charge in [0.25, 0.3) is 5.91 Å². The van der Waals surface area contributed by atoms with Crippen molar-refractivity contribution in [3.05, 3.63) is 77.1 Å². The molecule has 7 heteroatoms. The van der Waals surface area contributed by atoms with Gasteiger partial charge in [-0.2, -0.15) is 0 Å². The first kappa shape index (κ1) is 17.1. The van der Waals surface area contributed by atoms with Gasteiger partial charge in [0, 0.05) is 24.0 Å². The molecule has 0 fully saturated rings. The fourth-order valence-electron chi connectivity index (χ4n) is 3.11. The average Bonchev–Trinajstić information content (AvgIpc) is 3.07. The molecule has 0 unspecified atom stereocenters. The van der Waals surface area contributed by atoms with Crippen molar-refractivity contribution in [1.29, 1.82) is 0 Å². The van der Waals surface area contributed by atoms with Crippen molar-refractivity contribution in [3.63, 3.8) is 0 Å². The number of anilines is 3. The van der Waals surface area contributed by atoms with Crippen LogP contribution >= 0.6 is 0 Å². The molecule has 5 nitrogen and oxygen atoms in total. The zero-order chi connectivity index (χ0) is 19.0. The number of fused-ring (bicyclic) bond motifs is 1. The van der Waals surface area contributed by atoms with Gasteiger partial charge < -0.3 is 10.2 Å². The molecule has 0 radical (unpaired) electrons. The second kappa shape index (κ2) is 6.75. The monoisotopic (exact) mass is 366 g/mol. The number of para-hydroxylation sites is 1. The van der Waals surface area contributed by atoms with Crippen molar-refractivity contribution in [2.24, 2.45) is 0 Å². The van der Waals surface area contributed by atoms with Gasteiger partial charge in [-0.15, -0.1) is 0 Å². The van der Waals surface area contributed by atoms with Crippen LogP contribution in [0.2, 0.25) is 0 Å². The highest BCUT2D eigenvalue weighted by Gasteiger charge is 2.23. The molecule has 2 aromatic carbocycles. The Labute approximate surface area is 154 Å². The number of carbonyl (C=O) groups is 1. The lowest BCUT2D eigenvalue weighted by molar-refractivity contribution is 0.102. The van der Waals surface area contributed by atoms with E-state index < -0.39 is 17.5 Å². The normalized spacial score (nSPS) is 12.8. The first-order chi connectivity index (χ1) is 13.0. The van der Waals surface area contributed by atoms with Gasteiger partial charge in [0.2, 0.25) is 5.95 Å². The molecule has 0 atom stereocenters. The van der Waals surface area contributed by atoms with Gasteiger partial charge in [-0.05, 0) is 43.2 Å². The smallest absolute Gasteiger partial charge is 0.274 e. The van der Waals surface area contributed by atoms with Crippen LogP contribution in [-0.2, 0) is 6.42 Å². The van der Waals surface area contributed by atoms with Crippen molar-refractivity contribution >= 4 is 23.2 Å². The van der Waals surface area contributed by atoms with E-state index in [-0.39, 0.29) is 11.4 Å². The maximum Gasteiger partial charge on any atom is 0.274 e. The van der Waals surface area contributed by atoms with Crippen LogP contribution in [0, 0.1) is 18.6 Å². The molecule has 3 aromatic rings. The van der Waals surface area contributed by atoms with Gasteiger partial charge in [0.05, 0.1) is 5.69 Å². The van der Waals surface area contributed by atoms with Crippen molar-refractivity contribution in [3.8, 4) is 0 Å². The van der Waals surface area contributed by atoms with E-state index in [1.54, 1.807) is 6.92 Å². The van der Waals surface area contributed by atoms with Crippen LogP contribution < -0.4 is 10.2 Å². The van der Waals surface area contributed by atoms with E-state index in [0.717, 1.165) is 24.7 Å². The summed E-state index contributed by atoms with van der Waals surface area (Å²) >= 11 is 0. The van der Waals surface area contributed by atoms with Crippen LogP contribution in [0.3, 0.4) is 0 Å². The topological polar surface area (TPSA) is 58.1 Å². The number of halogens is 2. The van der Waals surface area contributed by atoms with Crippen LogP contribution in [-0.4, -0.2) is 22.4 Å². The van der Waals surface area contributed by atoms with Crippen LogP contribution in [0.4, 0.5) is 26.1 Å². The predicted octanol–water partition coefficient (Wildman–Crippen LogP) is 4.01. The van der Waals surface area contributed by atoms with Crippen molar-refractivity contribution in [2.75, 3.05) is 16.8 Å². The Hall–Kier alpha value is -3.35. The van der Waals surface area contributed by atoms with E-state index in [2.05, 4.69) is 21.4 Å². The Bertz CT molecular complexity index is 1040. The number of hydrogen-bond acceptors (Lipinski definition) is 4. The fourth-order valence-corrected chi connectivity index (χ4v) is 3.11. The standard InChI is InChI=1S/C20H16F2N4O/c1-12-10-17(19(27)24-16-7-6-14(21)11-15(16)22)25-20(23-12)26-9-8-13-4-2-3-5-18(13)26/h2-7,10-11H,8-9H2,1H3,(H,24,27). The van der Waals surface area contributed by atoms with Gasteiger partial charge in [0.1, 0.15) is 17.3 Å². The van der Waals surface area contributed by atoms with E-state index in [0.29, 0.717) is 17.7 Å². The summed E-state index contributed by atoms with van der Waals surface area (Å²) in [5, 5.41) is 2.43. The third-order valence-electron chi connectivity index (χ3n) is 4.38. The van der Waals surface area contributed by atoms with E-state index >= 15 is 0 Å². The highest BCUT2D eigenvalue weighted by atomic mass is 19.1. The molecule has 136 valence electrons. The Kier molecular flexibility index (Phi) is 4.27. The number of hydrogen-bond donors (Lipinski definition) is 1. The maximum absolute atomic E-state index is 13.8. The molecule has 2 heterocycles. The number of aromatic nitrogens is 2. The molecule has 1 amide bonds. The molecule has 1 aliphatic rings. The van der Waals surface area contributed by atoms with Crippen molar-refractivity contribution in [2.45, 2.75) is 13.3 Å². The Balaban J connectivity index is 1.64. The number of nitrogens with zero attached hydrogens (tertiary/aromatic N) is 3. The minimum Gasteiger partial charge on any atom is -0.318 e. The molecule has 0 saturated heterocycles. The molecule has 1 N–H and O–H groups in total. The number of amides is 1. The minimum atomic E-state index is -0.845. The Morgan fingerprint density at radius 1 is 1.11 bits per heavy atom. The molecule has 27 heavy (non-hydrogen) atoms. The predicted molar refractivity (Wildman–Crippen MR) is 98.2 cm³/mol. The fraction of sp³-hybridized carbons (Fsp3) is 0.150. The average molecular weight is 366 g/mol. The van der Waals surface area contributed by atoms with Gasteiger partial charge in [-0.1, -0.05) is 18.2 Å². The summed E-state index contributed by atoms with van der Waals surface area (Å²) in [7, 11) is 0. The summed E-state index contributed by atoms with van der Waals surface area (Å²) in [6.45, 7) is 2.48.